The number of carbonyl (C=O) groups is 1. The molecule has 1 N–H and O–H groups in total. The fourth-order valence-corrected chi connectivity index (χ4v) is 3.12. The summed E-state index contributed by atoms with van der Waals surface area (Å²) >= 11 is 12.1. The lowest BCUT2D eigenvalue weighted by molar-refractivity contribution is 0.0938. The van der Waals surface area contributed by atoms with Crippen LogP contribution in [0.2, 0.25) is 10.0 Å². The highest BCUT2D eigenvalue weighted by atomic mass is 35.5. The van der Waals surface area contributed by atoms with E-state index in [2.05, 4.69) is 10.3 Å². The summed E-state index contributed by atoms with van der Waals surface area (Å²) in [6.45, 7) is 3.65. The summed E-state index contributed by atoms with van der Waals surface area (Å²) in [6, 6.07) is 8.23. The van der Waals surface area contributed by atoms with Crippen LogP contribution in [0.15, 0.2) is 47.5 Å². The van der Waals surface area contributed by atoms with E-state index in [4.69, 9.17) is 23.2 Å². The number of fused-ring (bicyclic) bond motifs is 1. The van der Waals surface area contributed by atoms with E-state index in [0.29, 0.717) is 21.3 Å². The smallest absolute Gasteiger partial charge is 0.270 e. The van der Waals surface area contributed by atoms with E-state index in [1.165, 1.54) is 10.6 Å². The first kappa shape index (κ1) is 17.5. The topological polar surface area (TPSA) is 63.5 Å². The number of hydrogen-bond acceptors (Lipinski definition) is 3. The van der Waals surface area contributed by atoms with Gasteiger partial charge in [0.25, 0.3) is 11.5 Å². The maximum Gasteiger partial charge on any atom is 0.270 e. The number of rotatable bonds is 3. The summed E-state index contributed by atoms with van der Waals surface area (Å²) < 4.78 is 1.37. The normalized spacial score (nSPS) is 12.2. The van der Waals surface area contributed by atoms with Crippen molar-refractivity contribution in [3.63, 3.8) is 0 Å². The third kappa shape index (κ3) is 3.52. The molecule has 0 radical (unpaired) electrons. The Bertz CT molecular complexity index is 1030. The quantitative estimate of drug-likeness (QED) is 0.756. The zero-order valence-corrected chi connectivity index (χ0v) is 15.1. The molecule has 0 saturated heterocycles. The van der Waals surface area contributed by atoms with Crippen LogP contribution in [0, 0.1) is 6.92 Å². The number of halogens is 2. The molecule has 25 heavy (non-hydrogen) atoms. The van der Waals surface area contributed by atoms with Crippen molar-refractivity contribution >= 4 is 34.8 Å². The van der Waals surface area contributed by atoms with E-state index < -0.39 is 17.5 Å². The molecule has 0 aliphatic carbocycles. The van der Waals surface area contributed by atoms with Gasteiger partial charge in [0.05, 0.1) is 6.04 Å². The van der Waals surface area contributed by atoms with Gasteiger partial charge in [-0.05, 0) is 43.2 Å². The standard InChI is InChI=1S/C18H15Cl2N3O2/c1-10-3-6-16-21-8-14(18(25)23(16)9-10)17(24)22-11(2)13-5-4-12(19)7-15(13)20/h3-9,11H,1-2H3,(H,22,24). The highest BCUT2D eigenvalue weighted by molar-refractivity contribution is 6.35. The number of benzene rings is 1. The van der Waals surface area contributed by atoms with Crippen LogP contribution >= 0.6 is 23.2 Å². The Morgan fingerprint density at radius 2 is 2.00 bits per heavy atom. The molecular formula is C18H15Cl2N3O2. The molecule has 1 amide bonds. The van der Waals surface area contributed by atoms with Gasteiger partial charge in [0, 0.05) is 22.4 Å². The first-order valence-electron chi connectivity index (χ1n) is 7.60. The SMILES string of the molecule is Cc1ccc2ncc(C(=O)NC(C)c3ccc(Cl)cc3Cl)c(=O)n2c1. The molecule has 1 aromatic carbocycles. The Kier molecular flexibility index (Phi) is 4.79. The maximum absolute atomic E-state index is 12.6. The van der Waals surface area contributed by atoms with Gasteiger partial charge >= 0.3 is 0 Å². The van der Waals surface area contributed by atoms with Crippen LogP contribution in [-0.4, -0.2) is 15.3 Å². The van der Waals surface area contributed by atoms with Gasteiger partial charge < -0.3 is 5.32 Å². The minimum Gasteiger partial charge on any atom is -0.345 e. The highest BCUT2D eigenvalue weighted by Crippen LogP contribution is 2.26. The van der Waals surface area contributed by atoms with Crippen LogP contribution in [0.1, 0.15) is 34.5 Å². The summed E-state index contributed by atoms with van der Waals surface area (Å²) in [5.41, 5.74) is 1.65. The van der Waals surface area contributed by atoms with E-state index in [9.17, 15) is 9.59 Å². The number of nitrogens with zero attached hydrogens (tertiary/aromatic N) is 2. The summed E-state index contributed by atoms with van der Waals surface area (Å²) in [4.78, 5) is 29.3. The van der Waals surface area contributed by atoms with Crippen molar-refractivity contribution in [2.45, 2.75) is 19.9 Å². The van der Waals surface area contributed by atoms with Crippen LogP contribution in [0.25, 0.3) is 5.65 Å². The summed E-state index contributed by atoms with van der Waals surface area (Å²) in [6.07, 6.45) is 2.94. The number of aromatic nitrogens is 2. The number of carbonyl (C=O) groups excluding carboxylic acids is 1. The lowest BCUT2D eigenvalue weighted by Crippen LogP contribution is -2.33. The van der Waals surface area contributed by atoms with E-state index in [0.717, 1.165) is 5.56 Å². The molecule has 2 heterocycles. The zero-order chi connectivity index (χ0) is 18.1. The molecule has 1 unspecified atom stereocenters. The van der Waals surface area contributed by atoms with Crippen molar-refractivity contribution in [1.82, 2.24) is 14.7 Å². The van der Waals surface area contributed by atoms with Gasteiger partial charge in [-0.15, -0.1) is 0 Å². The second kappa shape index (κ2) is 6.86. The van der Waals surface area contributed by atoms with Crippen LogP contribution in [0.5, 0.6) is 0 Å². The predicted octanol–water partition coefficient (Wildman–Crippen LogP) is 3.80. The average Bonchev–Trinajstić information content (AvgIpc) is 2.55. The minimum atomic E-state index is -0.507. The Morgan fingerprint density at radius 1 is 1.24 bits per heavy atom. The first-order valence-corrected chi connectivity index (χ1v) is 8.36. The Balaban J connectivity index is 1.92. The Hall–Kier alpha value is -2.37. The van der Waals surface area contributed by atoms with Gasteiger partial charge in [-0.3, -0.25) is 14.0 Å². The molecular weight excluding hydrogens is 361 g/mol. The number of pyridine rings is 1. The van der Waals surface area contributed by atoms with Gasteiger partial charge in [-0.25, -0.2) is 4.98 Å². The summed E-state index contributed by atoms with van der Waals surface area (Å²) in [5, 5.41) is 3.74. The molecule has 2 aromatic heterocycles. The largest absolute Gasteiger partial charge is 0.345 e. The highest BCUT2D eigenvalue weighted by Gasteiger charge is 2.18. The molecule has 0 aliphatic rings. The molecule has 128 valence electrons. The fourth-order valence-electron chi connectivity index (χ4n) is 2.54. The fraction of sp³-hybridized carbons (Fsp3) is 0.167. The minimum absolute atomic E-state index is 0.0277. The van der Waals surface area contributed by atoms with Crippen molar-refractivity contribution in [3.05, 3.63) is 79.8 Å². The molecule has 3 aromatic rings. The van der Waals surface area contributed by atoms with Crippen LogP contribution in [-0.2, 0) is 0 Å². The van der Waals surface area contributed by atoms with Gasteiger partial charge in [-0.1, -0.05) is 35.3 Å². The number of hydrogen-bond donors (Lipinski definition) is 1. The lowest BCUT2D eigenvalue weighted by atomic mass is 10.1. The second-order valence-electron chi connectivity index (χ2n) is 5.77. The number of nitrogens with one attached hydrogen (secondary N) is 1. The molecule has 7 heteroatoms. The summed E-state index contributed by atoms with van der Waals surface area (Å²) in [7, 11) is 0. The molecule has 0 aliphatic heterocycles. The molecule has 0 spiro atoms. The van der Waals surface area contributed by atoms with E-state index in [-0.39, 0.29) is 5.56 Å². The van der Waals surface area contributed by atoms with Crippen LogP contribution < -0.4 is 10.9 Å². The van der Waals surface area contributed by atoms with Crippen molar-refractivity contribution in [2.75, 3.05) is 0 Å². The molecule has 3 rings (SSSR count). The zero-order valence-electron chi connectivity index (χ0n) is 13.6. The van der Waals surface area contributed by atoms with Crippen molar-refractivity contribution < 1.29 is 4.79 Å². The second-order valence-corrected chi connectivity index (χ2v) is 6.62. The van der Waals surface area contributed by atoms with Gasteiger partial charge in [-0.2, -0.15) is 0 Å². The first-order chi connectivity index (χ1) is 11.9. The van der Waals surface area contributed by atoms with E-state index >= 15 is 0 Å². The number of amides is 1. The van der Waals surface area contributed by atoms with E-state index in [1.807, 2.05) is 13.0 Å². The third-order valence-electron chi connectivity index (χ3n) is 3.87. The van der Waals surface area contributed by atoms with Gasteiger partial charge in [0.1, 0.15) is 11.2 Å². The Morgan fingerprint density at radius 3 is 2.72 bits per heavy atom. The summed E-state index contributed by atoms with van der Waals surface area (Å²) in [5.74, 6) is -0.507. The van der Waals surface area contributed by atoms with Crippen molar-refractivity contribution in [2.24, 2.45) is 0 Å². The van der Waals surface area contributed by atoms with Crippen LogP contribution in [0.4, 0.5) is 0 Å². The van der Waals surface area contributed by atoms with Gasteiger partial charge in [0.15, 0.2) is 0 Å². The molecule has 0 fully saturated rings. The molecule has 0 saturated carbocycles. The van der Waals surface area contributed by atoms with Crippen molar-refractivity contribution in [1.29, 1.82) is 0 Å². The van der Waals surface area contributed by atoms with Gasteiger partial charge in [0.2, 0.25) is 0 Å². The lowest BCUT2D eigenvalue weighted by Gasteiger charge is -2.16. The predicted molar refractivity (Wildman–Crippen MR) is 98.5 cm³/mol. The molecule has 1 atom stereocenters. The van der Waals surface area contributed by atoms with E-state index in [1.54, 1.807) is 37.4 Å². The monoisotopic (exact) mass is 375 g/mol. The number of aryl methyl sites for hydroxylation is 1. The third-order valence-corrected chi connectivity index (χ3v) is 4.43. The molecule has 5 nitrogen and oxygen atoms in total. The Labute approximate surface area is 154 Å². The van der Waals surface area contributed by atoms with Crippen molar-refractivity contribution in [3.8, 4) is 0 Å². The van der Waals surface area contributed by atoms with Crippen LogP contribution in [0.3, 0.4) is 0 Å². The molecule has 0 bridgehead atoms. The average molecular weight is 376 g/mol. The maximum atomic E-state index is 12.6.